The third kappa shape index (κ3) is 3.39. The maximum absolute atomic E-state index is 10.5. The lowest BCUT2D eigenvalue weighted by Crippen LogP contribution is -1.96. The van der Waals surface area contributed by atoms with E-state index in [1.54, 1.807) is 0 Å². The molecule has 0 aliphatic rings. The van der Waals surface area contributed by atoms with Gasteiger partial charge in [0.05, 0.1) is 0 Å². The summed E-state index contributed by atoms with van der Waals surface area (Å²) in [5.74, 6) is -1.80. The van der Waals surface area contributed by atoms with Crippen LogP contribution in [-0.2, 0) is 4.79 Å². The Morgan fingerprint density at radius 2 is 2.00 bits per heavy atom. The van der Waals surface area contributed by atoms with Crippen molar-refractivity contribution in [1.29, 1.82) is 5.26 Å². The molecule has 5 heteroatoms. The van der Waals surface area contributed by atoms with Crippen molar-refractivity contribution in [3.8, 4) is 17.6 Å². The fraction of sp³-hybridized carbons (Fsp3) is 0. The normalized spacial score (nSPS) is 11.4. The topological polar surface area (TPSA) is 102 Å². The third-order valence-electron chi connectivity index (χ3n) is 1.90. The fourth-order valence-electron chi connectivity index (χ4n) is 1.06. The zero-order chi connectivity index (χ0) is 12.8. The van der Waals surface area contributed by atoms with E-state index in [9.17, 15) is 9.90 Å². The zero-order valence-electron chi connectivity index (χ0n) is 8.66. The number of nitriles is 1. The molecule has 0 bridgehead atoms. The van der Waals surface area contributed by atoms with Crippen LogP contribution >= 0.6 is 0 Å². The van der Waals surface area contributed by atoms with E-state index in [1.165, 1.54) is 36.4 Å². The van der Waals surface area contributed by atoms with Crippen LogP contribution in [-0.4, -0.2) is 21.3 Å². The summed E-state index contributed by atoms with van der Waals surface area (Å²) >= 11 is 0. The van der Waals surface area contributed by atoms with E-state index >= 15 is 0 Å². The molecule has 1 aromatic carbocycles. The predicted molar refractivity (Wildman–Crippen MR) is 60.1 cm³/mol. The molecule has 1 aromatic rings. The Morgan fingerprint density at radius 1 is 1.29 bits per heavy atom. The lowest BCUT2D eigenvalue weighted by atomic mass is 10.1. The van der Waals surface area contributed by atoms with Crippen LogP contribution in [0.5, 0.6) is 11.5 Å². The number of carboxylic acids is 1. The number of hydrogen-bond donors (Lipinski definition) is 3. The Bertz CT molecular complexity index is 538. The van der Waals surface area contributed by atoms with Gasteiger partial charge in [-0.05, 0) is 23.8 Å². The van der Waals surface area contributed by atoms with Crippen LogP contribution in [0.2, 0.25) is 0 Å². The Hall–Kier alpha value is -2.74. The Labute approximate surface area is 97.2 Å². The van der Waals surface area contributed by atoms with E-state index in [0.717, 1.165) is 6.08 Å². The van der Waals surface area contributed by atoms with Crippen molar-refractivity contribution in [2.75, 3.05) is 0 Å². The fourth-order valence-corrected chi connectivity index (χ4v) is 1.06. The van der Waals surface area contributed by atoms with Crippen LogP contribution in [0.15, 0.2) is 35.9 Å². The molecule has 86 valence electrons. The average molecular weight is 231 g/mol. The minimum Gasteiger partial charge on any atom is -0.504 e. The highest BCUT2D eigenvalue weighted by Gasteiger charge is 2.02. The summed E-state index contributed by atoms with van der Waals surface area (Å²) in [6, 6.07) is 5.68. The van der Waals surface area contributed by atoms with Crippen molar-refractivity contribution < 1.29 is 20.1 Å². The van der Waals surface area contributed by atoms with E-state index in [-0.39, 0.29) is 17.1 Å². The van der Waals surface area contributed by atoms with Crippen molar-refractivity contribution in [3.63, 3.8) is 0 Å². The number of rotatable bonds is 3. The molecule has 0 heterocycles. The first-order chi connectivity index (χ1) is 8.04. The predicted octanol–water partition coefficient (Wildman–Crippen LogP) is 1.65. The number of aromatic hydroxyl groups is 2. The Morgan fingerprint density at radius 3 is 2.53 bits per heavy atom. The van der Waals surface area contributed by atoms with Gasteiger partial charge in [0, 0.05) is 0 Å². The summed E-state index contributed by atoms with van der Waals surface area (Å²) in [5.41, 5.74) is 0.184. The molecule has 0 aliphatic carbocycles. The van der Waals surface area contributed by atoms with Gasteiger partial charge in [-0.1, -0.05) is 18.2 Å². The highest BCUT2D eigenvalue weighted by molar-refractivity contribution is 5.91. The van der Waals surface area contributed by atoms with Crippen LogP contribution in [0.3, 0.4) is 0 Å². The zero-order valence-corrected chi connectivity index (χ0v) is 8.66. The van der Waals surface area contributed by atoms with Gasteiger partial charge in [-0.2, -0.15) is 5.26 Å². The highest BCUT2D eigenvalue weighted by Crippen LogP contribution is 2.25. The molecule has 1 rings (SSSR count). The lowest BCUT2D eigenvalue weighted by Gasteiger charge is -1.97. The molecule has 5 nitrogen and oxygen atoms in total. The number of carboxylic acid groups (broad SMARTS) is 1. The molecule has 0 saturated carbocycles. The van der Waals surface area contributed by atoms with Crippen molar-refractivity contribution in [2.45, 2.75) is 0 Å². The maximum atomic E-state index is 10.5. The second kappa shape index (κ2) is 5.37. The molecule has 0 amide bonds. The molecule has 0 spiro atoms. The van der Waals surface area contributed by atoms with Crippen LogP contribution < -0.4 is 0 Å². The van der Waals surface area contributed by atoms with Gasteiger partial charge in [0.2, 0.25) is 0 Å². The van der Waals surface area contributed by atoms with Gasteiger partial charge in [0.25, 0.3) is 0 Å². The molecule has 0 aliphatic heterocycles. The van der Waals surface area contributed by atoms with E-state index in [2.05, 4.69) is 0 Å². The summed E-state index contributed by atoms with van der Waals surface area (Å²) in [5, 5.41) is 35.3. The van der Waals surface area contributed by atoms with E-state index < -0.39 is 5.97 Å². The minimum absolute atomic E-state index is 0.235. The van der Waals surface area contributed by atoms with Gasteiger partial charge in [-0.15, -0.1) is 0 Å². The first-order valence-electron chi connectivity index (χ1n) is 4.58. The largest absolute Gasteiger partial charge is 0.504 e. The summed E-state index contributed by atoms with van der Waals surface area (Å²) in [6.45, 7) is 0. The van der Waals surface area contributed by atoms with Gasteiger partial charge in [-0.3, -0.25) is 0 Å². The number of allylic oxidation sites excluding steroid dienone is 2. The molecule has 0 radical (unpaired) electrons. The van der Waals surface area contributed by atoms with Gasteiger partial charge >= 0.3 is 5.97 Å². The van der Waals surface area contributed by atoms with E-state index in [1.807, 2.05) is 0 Å². The summed E-state index contributed by atoms with van der Waals surface area (Å²) < 4.78 is 0. The SMILES string of the molecule is N#C/C(=C\C=C\c1ccc(O)c(O)c1)C(=O)O. The van der Waals surface area contributed by atoms with Crippen molar-refractivity contribution in [2.24, 2.45) is 0 Å². The number of hydrogen-bond acceptors (Lipinski definition) is 4. The minimum atomic E-state index is -1.30. The van der Waals surface area contributed by atoms with Crippen LogP contribution in [0, 0.1) is 11.3 Å². The third-order valence-corrected chi connectivity index (χ3v) is 1.90. The maximum Gasteiger partial charge on any atom is 0.346 e. The molecule has 0 saturated heterocycles. The molecule has 0 fully saturated rings. The number of aliphatic carboxylic acids is 1. The van der Waals surface area contributed by atoms with Gasteiger partial charge < -0.3 is 15.3 Å². The van der Waals surface area contributed by atoms with Gasteiger partial charge in [0.1, 0.15) is 11.6 Å². The lowest BCUT2D eigenvalue weighted by molar-refractivity contribution is -0.132. The van der Waals surface area contributed by atoms with E-state index in [4.69, 9.17) is 15.5 Å². The molecule has 0 atom stereocenters. The molecular formula is C12H9NO4. The number of benzene rings is 1. The standard InChI is InChI=1S/C12H9NO4/c13-7-9(12(16)17)3-1-2-8-4-5-10(14)11(15)6-8/h1-6,14-15H,(H,16,17)/b2-1+,9-3+. The summed E-state index contributed by atoms with van der Waals surface area (Å²) in [4.78, 5) is 10.5. The molecule has 3 N–H and O–H groups in total. The first-order valence-corrected chi connectivity index (χ1v) is 4.58. The van der Waals surface area contributed by atoms with E-state index in [0.29, 0.717) is 5.56 Å². The average Bonchev–Trinajstić information content (AvgIpc) is 2.28. The first kappa shape index (κ1) is 12.3. The quantitative estimate of drug-likeness (QED) is 0.317. The van der Waals surface area contributed by atoms with Crippen molar-refractivity contribution in [1.82, 2.24) is 0 Å². The van der Waals surface area contributed by atoms with Crippen molar-refractivity contribution >= 4 is 12.0 Å². The number of phenols is 2. The molecule has 0 aromatic heterocycles. The highest BCUT2D eigenvalue weighted by atomic mass is 16.4. The number of phenolic OH excluding ortho intramolecular Hbond substituents is 2. The molecular weight excluding hydrogens is 222 g/mol. The molecule has 0 unspecified atom stereocenters. The Balaban J connectivity index is 2.88. The van der Waals surface area contributed by atoms with Crippen LogP contribution in [0.25, 0.3) is 6.08 Å². The van der Waals surface area contributed by atoms with Crippen LogP contribution in [0.1, 0.15) is 5.56 Å². The second-order valence-electron chi connectivity index (χ2n) is 3.10. The smallest absolute Gasteiger partial charge is 0.346 e. The summed E-state index contributed by atoms with van der Waals surface area (Å²) in [6.07, 6.45) is 4.02. The van der Waals surface area contributed by atoms with Gasteiger partial charge in [-0.25, -0.2) is 4.79 Å². The Kier molecular flexibility index (Phi) is 3.90. The van der Waals surface area contributed by atoms with Gasteiger partial charge in [0.15, 0.2) is 11.5 Å². The van der Waals surface area contributed by atoms with Crippen molar-refractivity contribution in [3.05, 3.63) is 41.5 Å². The number of nitrogens with zero attached hydrogens (tertiary/aromatic N) is 1. The monoisotopic (exact) mass is 231 g/mol. The second-order valence-corrected chi connectivity index (χ2v) is 3.10. The molecule has 17 heavy (non-hydrogen) atoms. The van der Waals surface area contributed by atoms with Crippen LogP contribution in [0.4, 0.5) is 0 Å². The summed E-state index contributed by atoms with van der Waals surface area (Å²) in [7, 11) is 0. The number of carbonyl (C=O) groups is 1.